The minimum absolute atomic E-state index is 0.341. The van der Waals surface area contributed by atoms with Gasteiger partial charge >= 0.3 is 7.12 Å². The van der Waals surface area contributed by atoms with E-state index in [1.54, 1.807) is 0 Å². The van der Waals surface area contributed by atoms with Crippen LogP contribution in [-0.2, 0) is 9.31 Å². The summed E-state index contributed by atoms with van der Waals surface area (Å²) < 4.78 is 12.6. The van der Waals surface area contributed by atoms with Crippen LogP contribution in [0.4, 0.5) is 0 Å². The van der Waals surface area contributed by atoms with Crippen LogP contribution in [0.15, 0.2) is 78.9 Å². The highest BCUT2D eigenvalue weighted by atomic mass is 16.7. The van der Waals surface area contributed by atoms with E-state index in [-0.39, 0.29) is 18.3 Å². The molecule has 5 rings (SSSR count). The molecule has 0 atom stereocenters. The summed E-state index contributed by atoms with van der Waals surface area (Å²) in [7, 11) is -0.350. The molecule has 2 nitrogen and oxygen atoms in total. The Morgan fingerprint density at radius 1 is 0.586 bits per heavy atom. The molecule has 1 aliphatic heterocycles. The first-order valence-corrected chi connectivity index (χ1v) is 10.2. The van der Waals surface area contributed by atoms with Gasteiger partial charge in [0.1, 0.15) is 0 Å². The lowest BCUT2D eigenvalue weighted by Gasteiger charge is -2.32. The molecular weight excluding hydrogens is 355 g/mol. The van der Waals surface area contributed by atoms with Gasteiger partial charge in [0.05, 0.1) is 11.2 Å². The van der Waals surface area contributed by atoms with Gasteiger partial charge in [0.2, 0.25) is 0 Å². The average Bonchev–Trinajstić information content (AvgIpc) is 2.95. The molecule has 0 radical (unpaired) electrons. The van der Waals surface area contributed by atoms with E-state index in [1.165, 1.54) is 32.7 Å². The summed E-state index contributed by atoms with van der Waals surface area (Å²) in [5.41, 5.74) is 2.84. The van der Waals surface area contributed by atoms with Gasteiger partial charge in [-0.05, 0) is 71.9 Å². The second-order valence-electron chi connectivity index (χ2n) is 8.94. The van der Waals surface area contributed by atoms with Crippen molar-refractivity contribution in [3.63, 3.8) is 0 Å². The molecule has 0 aliphatic carbocycles. The van der Waals surface area contributed by atoms with Gasteiger partial charge < -0.3 is 9.31 Å². The third-order valence-electron chi connectivity index (χ3n) is 6.50. The molecule has 1 aliphatic rings. The van der Waals surface area contributed by atoms with E-state index in [1.807, 2.05) is 0 Å². The predicted molar refractivity (Wildman–Crippen MR) is 123 cm³/mol. The smallest absolute Gasteiger partial charge is 0.399 e. The number of hydrogen-bond acceptors (Lipinski definition) is 2. The van der Waals surface area contributed by atoms with Crippen LogP contribution in [0.2, 0.25) is 0 Å². The van der Waals surface area contributed by atoms with Crippen molar-refractivity contribution >= 4 is 34.1 Å². The zero-order valence-corrected chi connectivity index (χ0v) is 17.4. The Labute approximate surface area is 172 Å². The zero-order valence-electron chi connectivity index (χ0n) is 17.4. The van der Waals surface area contributed by atoms with Crippen molar-refractivity contribution in [3.05, 3.63) is 78.9 Å². The summed E-state index contributed by atoms with van der Waals surface area (Å²) in [5, 5.41) is 4.95. The molecular formula is C26H25BO2. The molecule has 0 unspecified atom stereocenters. The van der Waals surface area contributed by atoms with E-state index in [2.05, 4.69) is 107 Å². The van der Waals surface area contributed by atoms with Crippen LogP contribution < -0.4 is 5.46 Å². The topological polar surface area (TPSA) is 18.5 Å². The van der Waals surface area contributed by atoms with Gasteiger partial charge in [0.25, 0.3) is 0 Å². The lowest BCUT2D eigenvalue weighted by molar-refractivity contribution is 0.00578. The standard InChI is InChI=1S/C26H25BO2/c1-25(2)26(3,4)29-27(28-25)22-15-14-20-11-10-19-12-13-21(16-23(19)24(20)17-22)18-8-6-5-7-9-18/h5-17H,1-4H3. The largest absolute Gasteiger partial charge is 0.494 e. The van der Waals surface area contributed by atoms with Gasteiger partial charge in [-0.25, -0.2) is 0 Å². The normalized spacial score (nSPS) is 17.9. The highest BCUT2D eigenvalue weighted by Gasteiger charge is 2.51. The number of benzene rings is 4. The Hall–Kier alpha value is -2.62. The molecule has 4 aromatic carbocycles. The molecule has 0 aromatic heterocycles. The molecule has 1 saturated heterocycles. The average molecular weight is 380 g/mol. The van der Waals surface area contributed by atoms with Crippen LogP contribution in [0.3, 0.4) is 0 Å². The lowest BCUT2D eigenvalue weighted by Crippen LogP contribution is -2.41. The first-order valence-electron chi connectivity index (χ1n) is 10.2. The molecule has 3 heteroatoms. The second kappa shape index (κ2) is 6.45. The first-order chi connectivity index (χ1) is 13.8. The Kier molecular flexibility index (Phi) is 4.09. The summed E-state index contributed by atoms with van der Waals surface area (Å²) in [5.74, 6) is 0. The van der Waals surface area contributed by atoms with Gasteiger partial charge in [-0.15, -0.1) is 0 Å². The predicted octanol–water partition coefficient (Wildman–Crippen LogP) is 5.96. The highest BCUT2D eigenvalue weighted by molar-refractivity contribution is 6.62. The zero-order chi connectivity index (χ0) is 20.2. The molecule has 0 amide bonds. The van der Waals surface area contributed by atoms with Gasteiger partial charge in [0, 0.05) is 0 Å². The summed E-state index contributed by atoms with van der Waals surface area (Å²) in [4.78, 5) is 0. The minimum atomic E-state index is -0.350. The highest BCUT2D eigenvalue weighted by Crippen LogP contribution is 2.37. The van der Waals surface area contributed by atoms with Gasteiger partial charge in [-0.2, -0.15) is 0 Å². The fourth-order valence-electron chi connectivity index (χ4n) is 4.00. The van der Waals surface area contributed by atoms with Gasteiger partial charge in [-0.1, -0.05) is 72.8 Å². The van der Waals surface area contributed by atoms with Crippen LogP contribution in [0.25, 0.3) is 32.7 Å². The van der Waals surface area contributed by atoms with Crippen LogP contribution in [0.1, 0.15) is 27.7 Å². The maximum absolute atomic E-state index is 6.28. The number of hydrogen-bond donors (Lipinski definition) is 0. The van der Waals surface area contributed by atoms with Crippen molar-refractivity contribution < 1.29 is 9.31 Å². The lowest BCUT2D eigenvalue weighted by atomic mass is 9.78. The quantitative estimate of drug-likeness (QED) is 0.316. The molecule has 0 bridgehead atoms. The van der Waals surface area contributed by atoms with Crippen molar-refractivity contribution in [3.8, 4) is 11.1 Å². The van der Waals surface area contributed by atoms with Crippen molar-refractivity contribution in [2.45, 2.75) is 38.9 Å². The Balaban J connectivity index is 1.65. The molecule has 0 N–H and O–H groups in total. The van der Waals surface area contributed by atoms with E-state index < -0.39 is 0 Å². The molecule has 4 aromatic rings. The van der Waals surface area contributed by atoms with E-state index in [9.17, 15) is 0 Å². The fraction of sp³-hybridized carbons (Fsp3) is 0.231. The van der Waals surface area contributed by atoms with Crippen LogP contribution >= 0.6 is 0 Å². The van der Waals surface area contributed by atoms with Crippen molar-refractivity contribution in [1.29, 1.82) is 0 Å². The van der Waals surface area contributed by atoms with Crippen molar-refractivity contribution in [2.75, 3.05) is 0 Å². The van der Waals surface area contributed by atoms with Crippen LogP contribution in [-0.4, -0.2) is 18.3 Å². The maximum Gasteiger partial charge on any atom is 0.494 e. The number of fused-ring (bicyclic) bond motifs is 3. The third kappa shape index (κ3) is 3.06. The van der Waals surface area contributed by atoms with Crippen LogP contribution in [0, 0.1) is 0 Å². The Bertz CT molecular complexity index is 1200. The second-order valence-corrected chi connectivity index (χ2v) is 8.94. The Morgan fingerprint density at radius 2 is 1.14 bits per heavy atom. The SMILES string of the molecule is CC1(C)OB(c2ccc3ccc4ccc(-c5ccccc5)cc4c3c2)OC1(C)C. The van der Waals surface area contributed by atoms with Crippen molar-refractivity contribution in [1.82, 2.24) is 0 Å². The van der Waals surface area contributed by atoms with Gasteiger partial charge in [-0.3, -0.25) is 0 Å². The monoisotopic (exact) mass is 380 g/mol. The molecule has 29 heavy (non-hydrogen) atoms. The molecule has 1 fully saturated rings. The van der Waals surface area contributed by atoms with E-state index >= 15 is 0 Å². The van der Waals surface area contributed by atoms with E-state index in [4.69, 9.17) is 9.31 Å². The Morgan fingerprint density at radius 3 is 1.79 bits per heavy atom. The summed E-state index contributed by atoms with van der Waals surface area (Å²) >= 11 is 0. The first kappa shape index (κ1) is 18.4. The van der Waals surface area contributed by atoms with Crippen molar-refractivity contribution in [2.24, 2.45) is 0 Å². The minimum Gasteiger partial charge on any atom is -0.399 e. The van der Waals surface area contributed by atoms with E-state index in [0.29, 0.717) is 0 Å². The van der Waals surface area contributed by atoms with E-state index in [0.717, 1.165) is 5.46 Å². The molecule has 0 spiro atoms. The molecule has 144 valence electrons. The summed E-state index contributed by atoms with van der Waals surface area (Å²) in [6, 6.07) is 28.1. The third-order valence-corrected chi connectivity index (χ3v) is 6.50. The summed E-state index contributed by atoms with van der Waals surface area (Å²) in [6.07, 6.45) is 0. The number of rotatable bonds is 2. The maximum atomic E-state index is 6.28. The summed E-state index contributed by atoms with van der Waals surface area (Å²) in [6.45, 7) is 8.37. The molecule has 1 heterocycles. The van der Waals surface area contributed by atoms with Gasteiger partial charge in [0.15, 0.2) is 0 Å². The van der Waals surface area contributed by atoms with Crippen LogP contribution in [0.5, 0.6) is 0 Å². The molecule has 0 saturated carbocycles. The fourth-order valence-corrected chi connectivity index (χ4v) is 4.00.